The number of thioether (sulfide) groups is 1. The van der Waals surface area contributed by atoms with Gasteiger partial charge in [0.2, 0.25) is 11.8 Å². The van der Waals surface area contributed by atoms with Crippen LogP contribution >= 0.6 is 23.1 Å². The molecule has 0 spiro atoms. The van der Waals surface area contributed by atoms with Gasteiger partial charge in [0.25, 0.3) is 0 Å². The number of carbonyl (C=O) groups is 2. The summed E-state index contributed by atoms with van der Waals surface area (Å²) < 4.78 is 2.00. The first-order valence-electron chi connectivity index (χ1n) is 8.46. The molecule has 1 aliphatic heterocycles. The van der Waals surface area contributed by atoms with E-state index in [1.165, 1.54) is 16.7 Å². The highest BCUT2D eigenvalue weighted by atomic mass is 32.2. The molecule has 0 bridgehead atoms. The number of para-hydroxylation sites is 2. The van der Waals surface area contributed by atoms with Crippen molar-refractivity contribution in [1.82, 2.24) is 14.8 Å². The fraction of sp³-hybridized carbons (Fsp3) is 0.222. The Balaban J connectivity index is 1.51. The summed E-state index contributed by atoms with van der Waals surface area (Å²) in [6.45, 7) is 2.76. The minimum atomic E-state index is -0.191. The molecule has 0 saturated heterocycles. The third kappa shape index (κ3) is 3.47. The summed E-state index contributed by atoms with van der Waals surface area (Å²) >= 11 is 2.94. The maximum Gasteiger partial charge on any atom is 0.244 e. The molecule has 0 aliphatic carbocycles. The molecule has 1 N–H and O–H groups in total. The molecule has 3 heterocycles. The number of nitrogens with one attached hydrogen (secondary N) is 1. The van der Waals surface area contributed by atoms with E-state index in [1.807, 2.05) is 47.2 Å². The third-order valence-corrected chi connectivity index (χ3v) is 5.99. The summed E-state index contributed by atoms with van der Waals surface area (Å²) in [4.78, 5) is 27.3. The molecule has 138 valence electrons. The Labute approximate surface area is 164 Å². The van der Waals surface area contributed by atoms with Crippen LogP contribution < -0.4 is 10.2 Å². The number of nitrogens with zero attached hydrogens (tertiary/aromatic N) is 4. The van der Waals surface area contributed by atoms with Crippen LogP contribution in [0.2, 0.25) is 0 Å². The molecule has 0 atom stereocenters. The normalized spacial score (nSPS) is 13.4. The van der Waals surface area contributed by atoms with Gasteiger partial charge >= 0.3 is 0 Å². The van der Waals surface area contributed by atoms with Gasteiger partial charge in [-0.15, -0.1) is 21.5 Å². The number of anilines is 2. The van der Waals surface area contributed by atoms with Crippen molar-refractivity contribution in [2.75, 3.05) is 22.5 Å². The third-order valence-electron chi connectivity index (χ3n) is 4.17. The van der Waals surface area contributed by atoms with E-state index >= 15 is 0 Å². The summed E-state index contributed by atoms with van der Waals surface area (Å²) in [5, 5.41) is 14.0. The van der Waals surface area contributed by atoms with Crippen molar-refractivity contribution in [3.63, 3.8) is 0 Å². The van der Waals surface area contributed by atoms with Crippen molar-refractivity contribution in [1.29, 1.82) is 0 Å². The molecule has 3 aromatic rings. The van der Waals surface area contributed by atoms with Crippen LogP contribution in [0.3, 0.4) is 0 Å². The Kier molecular flexibility index (Phi) is 4.95. The molecule has 1 aromatic carbocycles. The van der Waals surface area contributed by atoms with Crippen molar-refractivity contribution in [3.8, 4) is 10.7 Å². The van der Waals surface area contributed by atoms with Crippen LogP contribution in [-0.2, 0) is 16.1 Å². The van der Waals surface area contributed by atoms with Gasteiger partial charge in [-0.1, -0.05) is 30.0 Å². The second-order valence-corrected chi connectivity index (χ2v) is 7.75. The molecular formula is C18H17N5O2S2. The molecule has 27 heavy (non-hydrogen) atoms. The zero-order chi connectivity index (χ0) is 18.8. The van der Waals surface area contributed by atoms with Gasteiger partial charge in [-0.05, 0) is 30.5 Å². The number of aromatic nitrogens is 3. The van der Waals surface area contributed by atoms with E-state index in [0.29, 0.717) is 17.4 Å². The Bertz CT molecular complexity index is 984. The van der Waals surface area contributed by atoms with E-state index in [-0.39, 0.29) is 24.1 Å². The van der Waals surface area contributed by atoms with Crippen molar-refractivity contribution in [3.05, 3.63) is 41.8 Å². The average Bonchev–Trinajstić information content (AvgIpc) is 3.34. The first kappa shape index (κ1) is 17.7. The highest BCUT2D eigenvalue weighted by Crippen LogP contribution is 2.31. The van der Waals surface area contributed by atoms with Crippen LogP contribution in [0.5, 0.6) is 0 Å². The van der Waals surface area contributed by atoms with Crippen LogP contribution in [-0.4, -0.2) is 38.9 Å². The lowest BCUT2D eigenvalue weighted by atomic mass is 10.2. The number of thiophene rings is 1. The van der Waals surface area contributed by atoms with Gasteiger partial charge < -0.3 is 14.8 Å². The lowest BCUT2D eigenvalue weighted by Gasteiger charge is -2.29. The van der Waals surface area contributed by atoms with Crippen molar-refractivity contribution in [2.45, 2.75) is 18.6 Å². The Hall–Kier alpha value is -2.65. The molecule has 0 fully saturated rings. The van der Waals surface area contributed by atoms with E-state index in [9.17, 15) is 9.59 Å². The summed E-state index contributed by atoms with van der Waals surface area (Å²) in [6.07, 6.45) is 0. The monoisotopic (exact) mass is 399 g/mol. The largest absolute Gasteiger partial charge is 0.323 e. The summed E-state index contributed by atoms with van der Waals surface area (Å²) in [7, 11) is 0. The number of carbonyl (C=O) groups excluding carboxylic acids is 2. The number of rotatable bonds is 5. The van der Waals surface area contributed by atoms with Gasteiger partial charge in [-0.25, -0.2) is 0 Å². The van der Waals surface area contributed by atoms with Crippen molar-refractivity contribution in [2.24, 2.45) is 0 Å². The summed E-state index contributed by atoms with van der Waals surface area (Å²) in [5.74, 6) is 0.670. The lowest BCUT2D eigenvalue weighted by Crippen LogP contribution is -2.43. The molecule has 4 rings (SSSR count). The number of fused-ring (bicyclic) bond motifs is 1. The van der Waals surface area contributed by atoms with Crippen molar-refractivity contribution < 1.29 is 9.59 Å². The van der Waals surface area contributed by atoms with Crippen LogP contribution in [0.1, 0.15) is 6.92 Å². The van der Waals surface area contributed by atoms with Gasteiger partial charge in [0.1, 0.15) is 6.54 Å². The highest BCUT2D eigenvalue weighted by Gasteiger charge is 2.27. The van der Waals surface area contributed by atoms with Gasteiger partial charge in [0, 0.05) is 6.54 Å². The zero-order valence-corrected chi connectivity index (χ0v) is 16.2. The molecule has 0 saturated carbocycles. The van der Waals surface area contributed by atoms with E-state index in [0.717, 1.165) is 16.4 Å². The second-order valence-electron chi connectivity index (χ2n) is 5.86. The van der Waals surface area contributed by atoms with Gasteiger partial charge in [0.15, 0.2) is 11.0 Å². The first-order chi connectivity index (χ1) is 13.2. The van der Waals surface area contributed by atoms with E-state index < -0.39 is 0 Å². The molecule has 2 amide bonds. The maximum absolute atomic E-state index is 12.8. The van der Waals surface area contributed by atoms with E-state index in [1.54, 1.807) is 17.4 Å². The second kappa shape index (κ2) is 7.53. The average molecular weight is 400 g/mol. The maximum atomic E-state index is 12.8. The molecule has 7 nitrogen and oxygen atoms in total. The predicted molar refractivity (Wildman–Crippen MR) is 107 cm³/mol. The van der Waals surface area contributed by atoms with Gasteiger partial charge in [0.05, 0.1) is 22.0 Å². The Morgan fingerprint density at radius 3 is 2.89 bits per heavy atom. The molecular weight excluding hydrogens is 382 g/mol. The molecule has 2 aromatic heterocycles. The molecule has 9 heteroatoms. The van der Waals surface area contributed by atoms with E-state index in [4.69, 9.17) is 0 Å². The highest BCUT2D eigenvalue weighted by molar-refractivity contribution is 7.99. The fourth-order valence-electron chi connectivity index (χ4n) is 2.93. The number of hydrogen-bond donors (Lipinski definition) is 1. The number of amides is 2. The Morgan fingerprint density at radius 1 is 1.26 bits per heavy atom. The zero-order valence-electron chi connectivity index (χ0n) is 14.6. The summed E-state index contributed by atoms with van der Waals surface area (Å²) in [5.41, 5.74) is 1.38. The quantitative estimate of drug-likeness (QED) is 0.667. The van der Waals surface area contributed by atoms with Crippen molar-refractivity contribution >= 4 is 46.3 Å². The predicted octanol–water partition coefficient (Wildman–Crippen LogP) is 3.10. The van der Waals surface area contributed by atoms with E-state index in [2.05, 4.69) is 15.5 Å². The number of benzene rings is 1. The minimum absolute atomic E-state index is 0.0251. The van der Waals surface area contributed by atoms with Crippen LogP contribution in [0.25, 0.3) is 10.7 Å². The van der Waals surface area contributed by atoms with Gasteiger partial charge in [-0.2, -0.15) is 0 Å². The number of hydrogen-bond acceptors (Lipinski definition) is 6. The SMILES string of the molecule is CCn1c(SCC(=O)N2CC(=O)Nc3ccccc32)nnc1-c1cccs1. The lowest BCUT2D eigenvalue weighted by molar-refractivity contribution is -0.120. The minimum Gasteiger partial charge on any atom is -0.323 e. The molecule has 1 aliphatic rings. The topological polar surface area (TPSA) is 80.1 Å². The van der Waals surface area contributed by atoms with Crippen LogP contribution in [0.15, 0.2) is 46.9 Å². The molecule has 0 radical (unpaired) electrons. The smallest absolute Gasteiger partial charge is 0.244 e. The first-order valence-corrected chi connectivity index (χ1v) is 10.3. The van der Waals surface area contributed by atoms with Crippen LogP contribution in [0, 0.1) is 0 Å². The summed E-state index contributed by atoms with van der Waals surface area (Å²) in [6, 6.07) is 11.3. The van der Waals surface area contributed by atoms with Gasteiger partial charge in [-0.3, -0.25) is 9.59 Å². The van der Waals surface area contributed by atoms with Crippen LogP contribution in [0.4, 0.5) is 11.4 Å². The Morgan fingerprint density at radius 2 is 2.11 bits per heavy atom. The molecule has 0 unspecified atom stereocenters. The fourth-order valence-corrected chi connectivity index (χ4v) is 4.52. The standard InChI is InChI=1S/C18H17N5O2S2/c1-2-22-17(14-8-5-9-26-14)20-21-18(22)27-11-16(25)23-10-15(24)19-12-6-3-4-7-13(12)23/h3-9H,2,10-11H2,1H3,(H,19,24).